The Morgan fingerprint density at radius 2 is 1.95 bits per heavy atom. The third-order valence-corrected chi connectivity index (χ3v) is 5.30. The number of carbonyl (C=O) groups excluding carboxylic acids is 1. The van der Waals surface area contributed by atoms with Gasteiger partial charge in [-0.05, 0) is 18.6 Å². The summed E-state index contributed by atoms with van der Waals surface area (Å²) in [5.41, 5.74) is 6.75. The number of para-hydroxylation sites is 2. The van der Waals surface area contributed by atoms with Crippen molar-refractivity contribution < 1.29 is 17.4 Å². The number of nitrogen functional groups attached to an aromatic ring is 1. The Balaban J connectivity index is 2.28. The monoisotopic (exact) mass is 332 g/mol. The van der Waals surface area contributed by atoms with Crippen LogP contribution in [0.3, 0.4) is 0 Å². The zero-order valence-corrected chi connectivity index (χ0v) is 13.5. The summed E-state index contributed by atoms with van der Waals surface area (Å²) in [6.07, 6.45) is 1.77. The van der Waals surface area contributed by atoms with Crippen molar-refractivity contribution in [2.45, 2.75) is 12.8 Å². The molecule has 1 unspecified atom stereocenters. The predicted octanol–water partition coefficient (Wildman–Crippen LogP) is 0.781. The van der Waals surface area contributed by atoms with Crippen LogP contribution < -0.4 is 11.1 Å². The van der Waals surface area contributed by atoms with E-state index in [9.17, 15) is 17.4 Å². The molecular formula is C13H20N2O4S2. The fourth-order valence-corrected chi connectivity index (χ4v) is 4.19. The minimum Gasteiger partial charge on any atom is -0.397 e. The van der Waals surface area contributed by atoms with E-state index in [0.29, 0.717) is 23.5 Å². The number of carbonyl (C=O) groups is 1. The van der Waals surface area contributed by atoms with Crippen molar-refractivity contribution >= 4 is 37.9 Å². The van der Waals surface area contributed by atoms with Crippen molar-refractivity contribution in [3.63, 3.8) is 0 Å². The van der Waals surface area contributed by atoms with Crippen LogP contribution in [0.5, 0.6) is 0 Å². The molecule has 0 aliphatic rings. The molecule has 1 atom stereocenters. The fourth-order valence-electron chi connectivity index (χ4n) is 1.56. The lowest BCUT2D eigenvalue weighted by Gasteiger charge is -2.07. The number of nitrogens with two attached hydrogens (primary N) is 1. The maximum atomic E-state index is 11.7. The van der Waals surface area contributed by atoms with Gasteiger partial charge in [-0.1, -0.05) is 12.1 Å². The Bertz CT molecular complexity index is 614. The molecule has 3 N–H and O–H groups in total. The van der Waals surface area contributed by atoms with Crippen molar-refractivity contribution in [3.8, 4) is 0 Å². The maximum absolute atomic E-state index is 11.7. The van der Waals surface area contributed by atoms with Gasteiger partial charge in [0.25, 0.3) is 0 Å². The molecule has 0 fully saturated rings. The van der Waals surface area contributed by atoms with Crippen LogP contribution in [0.2, 0.25) is 0 Å². The minimum absolute atomic E-state index is 0.0909. The molecule has 0 bridgehead atoms. The number of hydrogen-bond donors (Lipinski definition) is 2. The molecule has 0 saturated heterocycles. The maximum Gasteiger partial charge on any atom is 0.224 e. The summed E-state index contributed by atoms with van der Waals surface area (Å²) in [6.45, 7) is 0. The topological polar surface area (TPSA) is 106 Å². The first-order valence-electron chi connectivity index (χ1n) is 6.45. The van der Waals surface area contributed by atoms with E-state index in [1.165, 1.54) is 0 Å². The highest BCUT2D eigenvalue weighted by molar-refractivity contribution is 7.92. The number of amides is 1. The third kappa shape index (κ3) is 7.81. The standard InChI is InChI=1S/C13H20N2O4S2/c1-21(18,19)10-9-20(17)8-4-7-13(16)15-12-6-3-2-5-11(12)14/h2-3,5-6H,4,7-10,14H2,1H3,(H,15,16). The SMILES string of the molecule is CS(=O)(=O)CCS(=O)CCCC(=O)Nc1ccccc1N. The third-order valence-electron chi connectivity index (χ3n) is 2.69. The summed E-state index contributed by atoms with van der Waals surface area (Å²) in [5.74, 6) is 0.138. The average molecular weight is 332 g/mol. The summed E-state index contributed by atoms with van der Waals surface area (Å²) in [5, 5.41) is 2.68. The minimum atomic E-state index is -3.09. The van der Waals surface area contributed by atoms with E-state index in [-0.39, 0.29) is 23.8 Å². The summed E-state index contributed by atoms with van der Waals surface area (Å²) in [4.78, 5) is 11.7. The normalized spacial score (nSPS) is 12.8. The van der Waals surface area contributed by atoms with Gasteiger partial charge in [-0.15, -0.1) is 0 Å². The van der Waals surface area contributed by atoms with Gasteiger partial charge in [-0.2, -0.15) is 0 Å². The lowest BCUT2D eigenvalue weighted by molar-refractivity contribution is -0.116. The molecular weight excluding hydrogens is 312 g/mol. The van der Waals surface area contributed by atoms with Crippen LogP contribution in [0.15, 0.2) is 24.3 Å². The van der Waals surface area contributed by atoms with Gasteiger partial charge in [0.2, 0.25) is 5.91 Å². The average Bonchev–Trinajstić information content (AvgIpc) is 2.38. The summed E-state index contributed by atoms with van der Waals surface area (Å²) < 4.78 is 33.5. The van der Waals surface area contributed by atoms with Crippen LogP contribution in [0, 0.1) is 0 Å². The molecule has 0 saturated carbocycles. The number of sulfone groups is 1. The highest BCUT2D eigenvalue weighted by atomic mass is 32.2. The first-order chi connectivity index (χ1) is 9.78. The number of anilines is 2. The van der Waals surface area contributed by atoms with Crippen molar-refractivity contribution in [1.29, 1.82) is 0 Å². The summed E-state index contributed by atoms with van der Waals surface area (Å²) in [6, 6.07) is 6.94. The predicted molar refractivity (Wildman–Crippen MR) is 86.3 cm³/mol. The van der Waals surface area contributed by atoms with Crippen LogP contribution >= 0.6 is 0 Å². The van der Waals surface area contributed by atoms with Crippen LogP contribution in [0.25, 0.3) is 0 Å². The molecule has 8 heteroatoms. The van der Waals surface area contributed by atoms with Gasteiger partial charge < -0.3 is 11.1 Å². The second kappa shape index (κ2) is 8.14. The van der Waals surface area contributed by atoms with Crippen LogP contribution in [0.4, 0.5) is 11.4 Å². The van der Waals surface area contributed by atoms with Gasteiger partial charge in [0.1, 0.15) is 9.84 Å². The number of benzene rings is 1. The Hall–Kier alpha value is -1.41. The van der Waals surface area contributed by atoms with E-state index in [4.69, 9.17) is 5.73 Å². The fraction of sp³-hybridized carbons (Fsp3) is 0.462. The van der Waals surface area contributed by atoms with Gasteiger partial charge in [-0.25, -0.2) is 8.42 Å². The zero-order valence-electron chi connectivity index (χ0n) is 11.9. The van der Waals surface area contributed by atoms with Crippen molar-refractivity contribution in [1.82, 2.24) is 0 Å². The number of hydrogen-bond acceptors (Lipinski definition) is 5. The molecule has 6 nitrogen and oxygen atoms in total. The number of rotatable bonds is 8. The smallest absolute Gasteiger partial charge is 0.224 e. The van der Waals surface area contributed by atoms with Gasteiger partial charge >= 0.3 is 0 Å². The van der Waals surface area contributed by atoms with Crippen molar-refractivity contribution in [3.05, 3.63) is 24.3 Å². The van der Waals surface area contributed by atoms with Crippen molar-refractivity contribution in [2.75, 3.05) is 34.6 Å². The van der Waals surface area contributed by atoms with E-state index in [1.807, 2.05) is 0 Å². The van der Waals surface area contributed by atoms with E-state index in [1.54, 1.807) is 24.3 Å². The first kappa shape index (κ1) is 17.6. The molecule has 1 aromatic rings. The Kier molecular flexibility index (Phi) is 6.83. The molecule has 0 aromatic heterocycles. The van der Waals surface area contributed by atoms with E-state index < -0.39 is 20.6 Å². The van der Waals surface area contributed by atoms with E-state index >= 15 is 0 Å². The lowest BCUT2D eigenvalue weighted by atomic mass is 10.2. The van der Waals surface area contributed by atoms with Crippen LogP contribution in [-0.4, -0.2) is 42.0 Å². The van der Waals surface area contributed by atoms with E-state index in [2.05, 4.69) is 5.32 Å². The molecule has 1 rings (SSSR count). The molecule has 21 heavy (non-hydrogen) atoms. The molecule has 118 valence electrons. The highest BCUT2D eigenvalue weighted by Crippen LogP contribution is 2.16. The summed E-state index contributed by atoms with van der Waals surface area (Å²) >= 11 is 0. The molecule has 0 spiro atoms. The summed E-state index contributed by atoms with van der Waals surface area (Å²) in [7, 11) is -4.31. The molecule has 0 aliphatic heterocycles. The van der Waals surface area contributed by atoms with Crippen molar-refractivity contribution in [2.24, 2.45) is 0 Å². The molecule has 0 radical (unpaired) electrons. The zero-order chi connectivity index (χ0) is 15.9. The Morgan fingerprint density at radius 1 is 1.29 bits per heavy atom. The highest BCUT2D eigenvalue weighted by Gasteiger charge is 2.09. The Labute approximate surface area is 127 Å². The van der Waals surface area contributed by atoms with Gasteiger partial charge in [0.05, 0.1) is 17.1 Å². The van der Waals surface area contributed by atoms with E-state index in [0.717, 1.165) is 6.26 Å². The quantitative estimate of drug-likeness (QED) is 0.684. The van der Waals surface area contributed by atoms with Gasteiger partial charge in [0.15, 0.2) is 0 Å². The molecule has 0 aliphatic carbocycles. The molecule has 1 amide bonds. The van der Waals surface area contributed by atoms with Gasteiger partial charge in [-0.3, -0.25) is 9.00 Å². The van der Waals surface area contributed by atoms with Crippen LogP contribution in [-0.2, 0) is 25.4 Å². The van der Waals surface area contributed by atoms with Crippen LogP contribution in [0.1, 0.15) is 12.8 Å². The lowest BCUT2D eigenvalue weighted by Crippen LogP contribution is -2.16. The number of nitrogens with one attached hydrogen (secondary N) is 1. The second-order valence-corrected chi connectivity index (χ2v) is 8.67. The molecule has 0 heterocycles. The molecule has 1 aromatic carbocycles. The van der Waals surface area contributed by atoms with Gasteiger partial charge in [0, 0.05) is 35.0 Å². The second-order valence-electron chi connectivity index (χ2n) is 4.72. The Morgan fingerprint density at radius 3 is 2.57 bits per heavy atom. The largest absolute Gasteiger partial charge is 0.397 e. The first-order valence-corrected chi connectivity index (χ1v) is 10.00.